The Kier molecular flexibility index (Phi) is 6.54. The Labute approximate surface area is 148 Å². The maximum atomic E-state index is 12.2. The summed E-state index contributed by atoms with van der Waals surface area (Å²) in [6.45, 7) is 0.926. The van der Waals surface area contributed by atoms with Crippen LogP contribution in [0.25, 0.3) is 0 Å². The van der Waals surface area contributed by atoms with Crippen LogP contribution in [0, 0.1) is 3.57 Å². The average molecular weight is 424 g/mol. The summed E-state index contributed by atoms with van der Waals surface area (Å²) in [4.78, 5) is 24.1. The van der Waals surface area contributed by atoms with E-state index in [2.05, 4.69) is 33.2 Å². The first-order chi connectivity index (χ1) is 11.1. The Morgan fingerprint density at radius 1 is 1.04 bits per heavy atom. The fraction of sp³-hybridized carbons (Fsp3) is 0.176. The van der Waals surface area contributed by atoms with Gasteiger partial charge < -0.3 is 15.4 Å². The van der Waals surface area contributed by atoms with Gasteiger partial charge in [0.1, 0.15) is 0 Å². The van der Waals surface area contributed by atoms with E-state index in [-0.39, 0.29) is 11.8 Å². The number of anilines is 1. The summed E-state index contributed by atoms with van der Waals surface area (Å²) in [6.07, 6.45) is 0. The molecule has 5 nitrogen and oxygen atoms in total. The van der Waals surface area contributed by atoms with Crippen LogP contribution < -0.4 is 10.6 Å². The molecule has 0 aliphatic heterocycles. The molecule has 2 aromatic carbocycles. The van der Waals surface area contributed by atoms with Crippen molar-refractivity contribution < 1.29 is 14.3 Å². The number of methoxy groups -OCH3 is 1. The van der Waals surface area contributed by atoms with Crippen molar-refractivity contribution in [3.8, 4) is 0 Å². The van der Waals surface area contributed by atoms with Crippen LogP contribution in [0.2, 0.25) is 0 Å². The molecule has 2 aromatic rings. The van der Waals surface area contributed by atoms with Crippen molar-refractivity contribution in [1.82, 2.24) is 5.32 Å². The van der Waals surface area contributed by atoms with Crippen molar-refractivity contribution in [1.29, 1.82) is 0 Å². The van der Waals surface area contributed by atoms with E-state index in [1.807, 2.05) is 18.2 Å². The van der Waals surface area contributed by atoms with Crippen LogP contribution in [0.5, 0.6) is 0 Å². The number of hydrogen-bond donors (Lipinski definition) is 2. The van der Waals surface area contributed by atoms with E-state index in [1.165, 1.54) is 0 Å². The van der Waals surface area contributed by atoms with Crippen molar-refractivity contribution in [2.45, 2.75) is 0 Å². The van der Waals surface area contributed by atoms with E-state index >= 15 is 0 Å². The maximum Gasteiger partial charge on any atom is 0.256 e. The zero-order valence-corrected chi connectivity index (χ0v) is 14.8. The van der Waals surface area contributed by atoms with E-state index in [1.54, 1.807) is 37.4 Å². The van der Waals surface area contributed by atoms with Crippen molar-refractivity contribution in [3.63, 3.8) is 0 Å². The highest BCUT2D eigenvalue weighted by Crippen LogP contribution is 2.15. The number of benzene rings is 2. The molecule has 0 bridgehead atoms. The quantitative estimate of drug-likeness (QED) is 0.554. The van der Waals surface area contributed by atoms with E-state index < -0.39 is 0 Å². The first kappa shape index (κ1) is 17.4. The lowest BCUT2D eigenvalue weighted by atomic mass is 10.1. The van der Waals surface area contributed by atoms with E-state index in [0.717, 1.165) is 3.57 Å². The Bertz CT molecular complexity index is 686. The van der Waals surface area contributed by atoms with Crippen LogP contribution in [-0.4, -0.2) is 32.1 Å². The summed E-state index contributed by atoms with van der Waals surface area (Å²) in [6, 6.07) is 14.1. The van der Waals surface area contributed by atoms with E-state index in [9.17, 15) is 9.59 Å². The molecule has 120 valence electrons. The van der Waals surface area contributed by atoms with Crippen molar-refractivity contribution in [2.24, 2.45) is 0 Å². The van der Waals surface area contributed by atoms with Crippen LogP contribution in [-0.2, 0) is 4.74 Å². The molecule has 0 spiro atoms. The molecule has 0 aliphatic carbocycles. The van der Waals surface area contributed by atoms with Crippen molar-refractivity contribution >= 4 is 40.1 Å². The number of halogens is 1. The summed E-state index contributed by atoms with van der Waals surface area (Å²) >= 11 is 2.12. The number of amides is 2. The van der Waals surface area contributed by atoms with Gasteiger partial charge in [-0.25, -0.2) is 0 Å². The van der Waals surface area contributed by atoms with Gasteiger partial charge in [0.05, 0.1) is 12.2 Å². The lowest BCUT2D eigenvalue weighted by Gasteiger charge is -2.08. The highest BCUT2D eigenvalue weighted by atomic mass is 127. The third-order valence-electron chi connectivity index (χ3n) is 3.12. The number of carbonyl (C=O) groups excluding carboxylic acids is 2. The number of carbonyl (C=O) groups is 2. The van der Waals surface area contributed by atoms with Gasteiger partial charge in [0.2, 0.25) is 0 Å². The third-order valence-corrected chi connectivity index (χ3v) is 4.06. The highest BCUT2D eigenvalue weighted by molar-refractivity contribution is 14.1. The van der Waals surface area contributed by atoms with Gasteiger partial charge in [-0.15, -0.1) is 0 Å². The van der Waals surface area contributed by atoms with Crippen molar-refractivity contribution in [3.05, 3.63) is 63.2 Å². The Balaban J connectivity index is 1.99. The molecule has 2 rings (SSSR count). The highest BCUT2D eigenvalue weighted by Gasteiger charge is 2.10. The molecule has 0 saturated heterocycles. The van der Waals surface area contributed by atoms with Gasteiger partial charge in [0.25, 0.3) is 11.8 Å². The minimum absolute atomic E-state index is 0.169. The summed E-state index contributed by atoms with van der Waals surface area (Å²) in [5, 5.41) is 5.56. The molecule has 2 N–H and O–H groups in total. The first-order valence-electron chi connectivity index (χ1n) is 7.05. The first-order valence-corrected chi connectivity index (χ1v) is 8.13. The molecule has 0 aromatic heterocycles. The SMILES string of the molecule is COCCNC(=O)c1ccc(NC(=O)c2ccccc2I)cc1. The minimum atomic E-state index is -0.174. The Hall–Kier alpha value is -1.93. The molecule has 0 heterocycles. The lowest BCUT2D eigenvalue weighted by molar-refractivity contribution is 0.0936. The van der Waals surface area contributed by atoms with E-state index in [4.69, 9.17) is 4.74 Å². The lowest BCUT2D eigenvalue weighted by Crippen LogP contribution is -2.26. The zero-order valence-electron chi connectivity index (χ0n) is 12.6. The fourth-order valence-corrected chi connectivity index (χ4v) is 2.55. The van der Waals surface area contributed by atoms with Crippen molar-refractivity contribution in [2.75, 3.05) is 25.6 Å². The molecule has 23 heavy (non-hydrogen) atoms. The second kappa shape index (κ2) is 8.64. The fourth-order valence-electron chi connectivity index (χ4n) is 1.92. The number of ether oxygens (including phenoxy) is 1. The van der Waals surface area contributed by atoms with Gasteiger partial charge >= 0.3 is 0 Å². The Morgan fingerprint density at radius 2 is 1.74 bits per heavy atom. The van der Waals surface area contributed by atoms with Crippen LogP contribution >= 0.6 is 22.6 Å². The predicted molar refractivity (Wildman–Crippen MR) is 97.8 cm³/mol. The number of hydrogen-bond acceptors (Lipinski definition) is 3. The summed E-state index contributed by atoms with van der Waals surface area (Å²) in [5.41, 5.74) is 1.80. The molecule has 0 radical (unpaired) electrons. The van der Waals surface area contributed by atoms with Gasteiger partial charge in [0.15, 0.2) is 0 Å². The summed E-state index contributed by atoms with van der Waals surface area (Å²) in [5.74, 6) is -0.343. The number of rotatable bonds is 6. The average Bonchev–Trinajstić information content (AvgIpc) is 2.56. The monoisotopic (exact) mass is 424 g/mol. The zero-order chi connectivity index (χ0) is 16.7. The molecule has 2 amide bonds. The second-order valence-electron chi connectivity index (χ2n) is 4.76. The maximum absolute atomic E-state index is 12.2. The predicted octanol–water partition coefficient (Wildman–Crippen LogP) is 2.92. The molecule has 0 atom stereocenters. The van der Waals surface area contributed by atoms with Crippen LogP contribution in [0.1, 0.15) is 20.7 Å². The second-order valence-corrected chi connectivity index (χ2v) is 5.92. The molecular formula is C17H17IN2O3. The molecule has 0 saturated carbocycles. The van der Waals surface area contributed by atoms with Gasteiger partial charge in [0, 0.05) is 28.5 Å². The Morgan fingerprint density at radius 3 is 2.39 bits per heavy atom. The van der Waals surface area contributed by atoms with Gasteiger partial charge in [-0.2, -0.15) is 0 Å². The van der Waals surface area contributed by atoms with Gasteiger partial charge in [-0.1, -0.05) is 12.1 Å². The number of nitrogens with one attached hydrogen (secondary N) is 2. The normalized spacial score (nSPS) is 10.2. The molecule has 0 fully saturated rings. The molecule has 0 unspecified atom stereocenters. The molecule has 0 aliphatic rings. The topological polar surface area (TPSA) is 67.4 Å². The third kappa shape index (κ3) is 5.04. The molecule has 6 heteroatoms. The smallest absolute Gasteiger partial charge is 0.256 e. The van der Waals surface area contributed by atoms with Crippen LogP contribution in [0.4, 0.5) is 5.69 Å². The standard InChI is InChI=1S/C17H17IN2O3/c1-23-11-10-19-16(21)12-6-8-13(9-7-12)20-17(22)14-4-2-3-5-15(14)18/h2-9H,10-11H2,1H3,(H,19,21)(H,20,22). The van der Waals surface area contributed by atoms with Crippen LogP contribution in [0.15, 0.2) is 48.5 Å². The minimum Gasteiger partial charge on any atom is -0.383 e. The van der Waals surface area contributed by atoms with Gasteiger partial charge in [-0.05, 0) is 59.0 Å². The summed E-state index contributed by atoms with van der Waals surface area (Å²) < 4.78 is 5.77. The van der Waals surface area contributed by atoms with E-state index in [0.29, 0.717) is 30.0 Å². The van der Waals surface area contributed by atoms with Gasteiger partial charge in [-0.3, -0.25) is 9.59 Å². The summed E-state index contributed by atoms with van der Waals surface area (Å²) in [7, 11) is 1.58. The molecular weight excluding hydrogens is 407 g/mol. The largest absolute Gasteiger partial charge is 0.383 e. The van der Waals surface area contributed by atoms with Crippen LogP contribution in [0.3, 0.4) is 0 Å².